The highest BCUT2D eigenvalue weighted by Crippen LogP contribution is 2.38. The molecule has 0 bridgehead atoms. The lowest BCUT2D eigenvalue weighted by Crippen LogP contribution is -2.36. The Morgan fingerprint density at radius 1 is 1.21 bits per heavy atom. The lowest BCUT2D eigenvalue weighted by Gasteiger charge is -2.16. The Labute approximate surface area is 162 Å². The minimum Gasteiger partial charge on any atom is -0.488 e. The van der Waals surface area contributed by atoms with E-state index in [0.29, 0.717) is 17.2 Å². The zero-order chi connectivity index (χ0) is 20.3. The molecule has 7 heteroatoms. The number of hydrogen-bond donors (Lipinski definition) is 2. The average molecular weight is 388 g/mol. The molecule has 1 aliphatic carbocycles. The standard InChI is InChI=1S/C21H22F2N2O3/c1-12-8-17(12)21(27)25-16-5-3-4-14(9-16)20(26)24-13(2)11-28-19-7-6-15(22)10-18(19)23/h3-7,9-10,12-13,17H,8,11H2,1-2H3,(H,24,26)(H,25,27). The fourth-order valence-electron chi connectivity index (χ4n) is 2.82. The molecule has 1 saturated carbocycles. The fourth-order valence-corrected chi connectivity index (χ4v) is 2.82. The molecular formula is C21H22F2N2O3. The second-order valence-electron chi connectivity index (χ2n) is 7.15. The van der Waals surface area contributed by atoms with Gasteiger partial charge in [0.1, 0.15) is 12.4 Å². The van der Waals surface area contributed by atoms with E-state index >= 15 is 0 Å². The number of nitrogens with one attached hydrogen (secondary N) is 2. The van der Waals surface area contributed by atoms with Crippen molar-refractivity contribution in [3.63, 3.8) is 0 Å². The average Bonchev–Trinajstić information content (AvgIpc) is 3.38. The normalized spacial score (nSPS) is 18.9. The molecule has 3 unspecified atom stereocenters. The van der Waals surface area contributed by atoms with Gasteiger partial charge in [-0.05, 0) is 49.6 Å². The van der Waals surface area contributed by atoms with Crippen LogP contribution in [0.5, 0.6) is 5.75 Å². The molecule has 3 atom stereocenters. The van der Waals surface area contributed by atoms with Crippen LogP contribution in [-0.2, 0) is 4.79 Å². The van der Waals surface area contributed by atoms with Crippen LogP contribution in [0.3, 0.4) is 0 Å². The summed E-state index contributed by atoms with van der Waals surface area (Å²) in [6, 6.07) is 9.28. The summed E-state index contributed by atoms with van der Waals surface area (Å²) < 4.78 is 31.8. The van der Waals surface area contributed by atoms with Crippen molar-refractivity contribution in [2.75, 3.05) is 11.9 Å². The largest absolute Gasteiger partial charge is 0.488 e. The van der Waals surface area contributed by atoms with E-state index < -0.39 is 17.7 Å². The van der Waals surface area contributed by atoms with Crippen LogP contribution in [0, 0.1) is 23.5 Å². The Morgan fingerprint density at radius 3 is 2.64 bits per heavy atom. The number of anilines is 1. The van der Waals surface area contributed by atoms with Crippen LogP contribution < -0.4 is 15.4 Å². The highest BCUT2D eigenvalue weighted by Gasteiger charge is 2.39. The quantitative estimate of drug-likeness (QED) is 0.759. The van der Waals surface area contributed by atoms with Gasteiger partial charge >= 0.3 is 0 Å². The number of carbonyl (C=O) groups excluding carboxylic acids is 2. The number of ether oxygens (including phenoxy) is 1. The Balaban J connectivity index is 1.53. The molecule has 0 aliphatic heterocycles. The molecule has 2 aromatic carbocycles. The van der Waals surface area contributed by atoms with Crippen molar-refractivity contribution >= 4 is 17.5 Å². The number of carbonyl (C=O) groups is 2. The van der Waals surface area contributed by atoms with Gasteiger partial charge in [-0.15, -0.1) is 0 Å². The van der Waals surface area contributed by atoms with Gasteiger partial charge < -0.3 is 15.4 Å². The second kappa shape index (κ2) is 8.37. The number of hydrogen-bond acceptors (Lipinski definition) is 3. The maximum atomic E-state index is 13.6. The molecule has 148 valence electrons. The molecule has 0 saturated heterocycles. The van der Waals surface area contributed by atoms with Gasteiger partial charge in [0.15, 0.2) is 11.6 Å². The summed E-state index contributed by atoms with van der Waals surface area (Å²) in [6.07, 6.45) is 0.887. The van der Waals surface area contributed by atoms with Crippen LogP contribution >= 0.6 is 0 Å². The van der Waals surface area contributed by atoms with Gasteiger partial charge in [0, 0.05) is 23.2 Å². The Hall–Kier alpha value is -2.96. The van der Waals surface area contributed by atoms with E-state index in [1.165, 1.54) is 6.07 Å². The van der Waals surface area contributed by atoms with Gasteiger partial charge in [-0.2, -0.15) is 0 Å². The summed E-state index contributed by atoms with van der Waals surface area (Å²) in [4.78, 5) is 24.4. The topological polar surface area (TPSA) is 67.4 Å². The molecule has 1 aliphatic rings. The molecule has 2 N–H and O–H groups in total. The van der Waals surface area contributed by atoms with Crippen LogP contribution in [0.15, 0.2) is 42.5 Å². The summed E-state index contributed by atoms with van der Waals surface area (Å²) in [5.74, 6) is -1.50. The first-order valence-electron chi connectivity index (χ1n) is 9.13. The second-order valence-corrected chi connectivity index (χ2v) is 7.15. The first-order valence-corrected chi connectivity index (χ1v) is 9.13. The van der Waals surface area contributed by atoms with Crippen molar-refractivity contribution in [2.45, 2.75) is 26.3 Å². The predicted octanol–water partition coefficient (Wildman–Crippen LogP) is 3.76. The molecule has 5 nitrogen and oxygen atoms in total. The lowest BCUT2D eigenvalue weighted by atomic mass is 10.1. The zero-order valence-corrected chi connectivity index (χ0v) is 15.7. The molecule has 0 heterocycles. The number of rotatable bonds is 7. The molecule has 0 spiro atoms. The van der Waals surface area contributed by atoms with Crippen molar-refractivity contribution < 1.29 is 23.1 Å². The van der Waals surface area contributed by atoms with E-state index in [1.807, 2.05) is 6.92 Å². The van der Waals surface area contributed by atoms with Gasteiger partial charge in [0.25, 0.3) is 5.91 Å². The maximum Gasteiger partial charge on any atom is 0.251 e. The van der Waals surface area contributed by atoms with Crippen LogP contribution in [0.25, 0.3) is 0 Å². The molecule has 0 radical (unpaired) electrons. The van der Waals surface area contributed by atoms with Crippen LogP contribution in [0.2, 0.25) is 0 Å². The minimum absolute atomic E-state index is 0.0181. The summed E-state index contributed by atoms with van der Waals surface area (Å²) in [6.45, 7) is 3.75. The van der Waals surface area contributed by atoms with E-state index in [9.17, 15) is 18.4 Å². The first kappa shape index (κ1) is 19.8. The third kappa shape index (κ3) is 5.06. The van der Waals surface area contributed by atoms with E-state index in [1.54, 1.807) is 31.2 Å². The van der Waals surface area contributed by atoms with E-state index in [2.05, 4.69) is 10.6 Å². The lowest BCUT2D eigenvalue weighted by molar-refractivity contribution is -0.117. The first-order chi connectivity index (χ1) is 13.3. The van der Waals surface area contributed by atoms with Gasteiger partial charge in [-0.3, -0.25) is 9.59 Å². The third-order valence-electron chi connectivity index (χ3n) is 4.60. The Morgan fingerprint density at radius 2 is 1.96 bits per heavy atom. The summed E-state index contributed by atoms with van der Waals surface area (Å²) >= 11 is 0. The van der Waals surface area contributed by atoms with Gasteiger partial charge in [-0.25, -0.2) is 8.78 Å². The van der Waals surface area contributed by atoms with Crippen LogP contribution in [0.4, 0.5) is 14.5 Å². The van der Waals surface area contributed by atoms with Crippen molar-refractivity contribution in [3.05, 3.63) is 59.7 Å². The fraction of sp³-hybridized carbons (Fsp3) is 0.333. The van der Waals surface area contributed by atoms with E-state index in [4.69, 9.17) is 4.74 Å². The molecular weight excluding hydrogens is 366 g/mol. The molecule has 0 aromatic heterocycles. The Bertz CT molecular complexity index is 888. The minimum atomic E-state index is -0.799. The molecule has 28 heavy (non-hydrogen) atoms. The molecule has 1 fully saturated rings. The van der Waals surface area contributed by atoms with Crippen molar-refractivity contribution in [1.29, 1.82) is 0 Å². The van der Waals surface area contributed by atoms with Crippen LogP contribution in [-0.4, -0.2) is 24.5 Å². The highest BCUT2D eigenvalue weighted by atomic mass is 19.1. The summed E-state index contributed by atoms with van der Waals surface area (Å²) in [7, 11) is 0. The van der Waals surface area contributed by atoms with Crippen molar-refractivity contribution in [1.82, 2.24) is 5.32 Å². The van der Waals surface area contributed by atoms with E-state index in [-0.39, 0.29) is 30.1 Å². The smallest absolute Gasteiger partial charge is 0.251 e. The highest BCUT2D eigenvalue weighted by molar-refractivity contribution is 5.98. The SMILES string of the molecule is CC(COc1ccc(F)cc1F)NC(=O)c1cccc(NC(=O)C2CC2C)c1. The number of halogens is 2. The van der Waals surface area contributed by atoms with Crippen molar-refractivity contribution in [2.24, 2.45) is 11.8 Å². The molecule has 2 aromatic rings. The number of amides is 2. The zero-order valence-electron chi connectivity index (χ0n) is 15.7. The van der Waals surface area contributed by atoms with Gasteiger partial charge in [0.2, 0.25) is 5.91 Å². The Kier molecular flexibility index (Phi) is 5.92. The third-order valence-corrected chi connectivity index (χ3v) is 4.60. The maximum absolute atomic E-state index is 13.6. The monoisotopic (exact) mass is 388 g/mol. The van der Waals surface area contributed by atoms with Gasteiger partial charge in [-0.1, -0.05) is 13.0 Å². The van der Waals surface area contributed by atoms with Gasteiger partial charge in [0.05, 0.1) is 6.04 Å². The van der Waals surface area contributed by atoms with E-state index in [0.717, 1.165) is 18.6 Å². The summed E-state index contributed by atoms with van der Waals surface area (Å²) in [5, 5.41) is 5.57. The van der Waals surface area contributed by atoms with Crippen LogP contribution in [0.1, 0.15) is 30.6 Å². The molecule has 3 rings (SSSR count). The number of benzene rings is 2. The molecule has 2 amide bonds. The van der Waals surface area contributed by atoms with Crippen molar-refractivity contribution in [3.8, 4) is 5.75 Å². The predicted molar refractivity (Wildman–Crippen MR) is 101 cm³/mol. The summed E-state index contributed by atoms with van der Waals surface area (Å²) in [5.41, 5.74) is 0.954.